The van der Waals surface area contributed by atoms with Crippen molar-refractivity contribution < 1.29 is 10.0 Å². The van der Waals surface area contributed by atoms with Crippen LogP contribution in [0, 0.1) is 0 Å². The van der Waals surface area contributed by atoms with Gasteiger partial charge in [0.15, 0.2) is 0 Å². The predicted octanol–water partition coefficient (Wildman–Crippen LogP) is 2.70. The van der Waals surface area contributed by atoms with Crippen LogP contribution in [0.5, 0.6) is 0 Å². The number of hydrogen-bond acceptors (Lipinski definition) is 2. The van der Waals surface area contributed by atoms with Crippen molar-refractivity contribution in [3.05, 3.63) is 78.9 Å². The Bertz CT molecular complexity index is 725. The Labute approximate surface area is 124 Å². The summed E-state index contributed by atoms with van der Waals surface area (Å²) in [6.07, 6.45) is 0. The van der Waals surface area contributed by atoms with Gasteiger partial charge in [-0.2, -0.15) is 0 Å². The third kappa shape index (κ3) is 2.89. The van der Waals surface area contributed by atoms with Gasteiger partial charge >= 0.3 is 7.12 Å². The van der Waals surface area contributed by atoms with Crippen LogP contribution in [-0.4, -0.2) is 17.2 Å². The summed E-state index contributed by atoms with van der Waals surface area (Å²) in [7, 11) is -1.48. The van der Waals surface area contributed by atoms with E-state index in [1.54, 1.807) is 6.07 Å². The number of benzene rings is 3. The van der Waals surface area contributed by atoms with Gasteiger partial charge in [0.05, 0.1) is 0 Å². The third-order valence-electron chi connectivity index (χ3n) is 3.52. The molecule has 102 valence electrons. The minimum absolute atomic E-state index is 0.515. The van der Waals surface area contributed by atoms with Gasteiger partial charge in [0, 0.05) is 0 Å². The molecule has 3 rings (SSSR count). The van der Waals surface area contributed by atoms with Gasteiger partial charge in [0.2, 0.25) is 0 Å². The second kappa shape index (κ2) is 5.96. The molecule has 2 nitrogen and oxygen atoms in total. The van der Waals surface area contributed by atoms with E-state index in [9.17, 15) is 10.0 Å². The first kappa shape index (κ1) is 13.6. The lowest BCUT2D eigenvalue weighted by Crippen LogP contribution is -2.31. The van der Waals surface area contributed by atoms with Gasteiger partial charge in [0.25, 0.3) is 0 Å². The summed E-state index contributed by atoms with van der Waals surface area (Å²) in [5.74, 6) is 0. The molecule has 0 unspecified atom stereocenters. The fraction of sp³-hybridized carbons (Fsp3) is 0. The van der Waals surface area contributed by atoms with E-state index in [1.807, 2.05) is 72.8 Å². The minimum atomic E-state index is -1.48. The molecule has 0 aliphatic carbocycles. The van der Waals surface area contributed by atoms with Crippen LogP contribution in [0.15, 0.2) is 78.9 Å². The van der Waals surface area contributed by atoms with Crippen LogP contribution in [-0.2, 0) is 0 Å². The Morgan fingerprint density at radius 1 is 0.571 bits per heavy atom. The van der Waals surface area contributed by atoms with E-state index < -0.39 is 7.12 Å². The standard InChI is InChI=1S/C18H15BO2/c20-19(21)18-12-11-16(14-7-3-1-4-8-14)13-17(18)15-9-5-2-6-10-15/h1-13,20-21H. The van der Waals surface area contributed by atoms with Crippen LogP contribution in [0.4, 0.5) is 0 Å². The lowest BCUT2D eigenvalue weighted by molar-refractivity contribution is 0.426. The highest BCUT2D eigenvalue weighted by atomic mass is 16.4. The predicted molar refractivity (Wildman–Crippen MR) is 87.1 cm³/mol. The van der Waals surface area contributed by atoms with Crippen LogP contribution in [0.25, 0.3) is 22.3 Å². The van der Waals surface area contributed by atoms with Crippen molar-refractivity contribution in [1.82, 2.24) is 0 Å². The van der Waals surface area contributed by atoms with E-state index in [-0.39, 0.29) is 0 Å². The van der Waals surface area contributed by atoms with Gasteiger partial charge < -0.3 is 10.0 Å². The molecule has 0 aromatic heterocycles. The first-order valence-corrected chi connectivity index (χ1v) is 6.86. The minimum Gasteiger partial charge on any atom is -0.423 e. The smallest absolute Gasteiger partial charge is 0.423 e. The maximum atomic E-state index is 9.58. The van der Waals surface area contributed by atoms with E-state index in [4.69, 9.17) is 0 Å². The third-order valence-corrected chi connectivity index (χ3v) is 3.52. The molecular weight excluding hydrogens is 259 g/mol. The Morgan fingerprint density at radius 2 is 1.14 bits per heavy atom. The highest BCUT2D eigenvalue weighted by Gasteiger charge is 2.17. The van der Waals surface area contributed by atoms with Crippen molar-refractivity contribution in [2.24, 2.45) is 0 Å². The van der Waals surface area contributed by atoms with Gasteiger partial charge in [0.1, 0.15) is 0 Å². The van der Waals surface area contributed by atoms with Crippen molar-refractivity contribution in [2.45, 2.75) is 0 Å². The fourth-order valence-corrected chi connectivity index (χ4v) is 2.46. The summed E-state index contributed by atoms with van der Waals surface area (Å²) < 4.78 is 0. The lowest BCUT2D eigenvalue weighted by atomic mass is 9.74. The summed E-state index contributed by atoms with van der Waals surface area (Å²) in [4.78, 5) is 0. The summed E-state index contributed by atoms with van der Waals surface area (Å²) in [6, 6.07) is 25.5. The molecule has 0 spiro atoms. The zero-order valence-corrected chi connectivity index (χ0v) is 11.5. The second-order valence-corrected chi connectivity index (χ2v) is 4.91. The molecule has 2 N–H and O–H groups in total. The van der Waals surface area contributed by atoms with Crippen LogP contribution >= 0.6 is 0 Å². The molecular formula is C18H15BO2. The zero-order valence-electron chi connectivity index (χ0n) is 11.5. The van der Waals surface area contributed by atoms with Crippen molar-refractivity contribution in [1.29, 1.82) is 0 Å². The molecule has 21 heavy (non-hydrogen) atoms. The topological polar surface area (TPSA) is 40.5 Å². The number of hydrogen-bond donors (Lipinski definition) is 2. The molecule has 0 heterocycles. The Balaban J connectivity index is 2.16. The molecule has 0 saturated heterocycles. The molecule has 0 aliphatic rings. The highest BCUT2D eigenvalue weighted by Crippen LogP contribution is 2.25. The quantitative estimate of drug-likeness (QED) is 0.721. The van der Waals surface area contributed by atoms with E-state index in [1.165, 1.54) is 0 Å². The van der Waals surface area contributed by atoms with Gasteiger partial charge in [-0.05, 0) is 33.8 Å². The van der Waals surface area contributed by atoms with Crippen LogP contribution < -0.4 is 5.46 Å². The highest BCUT2D eigenvalue weighted by molar-refractivity contribution is 6.60. The molecule has 3 aromatic rings. The van der Waals surface area contributed by atoms with Crippen LogP contribution in [0.1, 0.15) is 0 Å². The molecule has 0 aliphatic heterocycles. The largest absolute Gasteiger partial charge is 0.489 e. The maximum Gasteiger partial charge on any atom is 0.489 e. The molecule has 0 saturated carbocycles. The SMILES string of the molecule is OB(O)c1ccc(-c2ccccc2)cc1-c1ccccc1. The van der Waals surface area contributed by atoms with Gasteiger partial charge in [-0.1, -0.05) is 72.8 Å². The number of rotatable bonds is 3. The average Bonchev–Trinajstić information content (AvgIpc) is 2.56. The monoisotopic (exact) mass is 274 g/mol. The molecule has 3 aromatic carbocycles. The normalized spacial score (nSPS) is 10.4. The average molecular weight is 274 g/mol. The molecule has 0 amide bonds. The van der Waals surface area contributed by atoms with Gasteiger partial charge in [-0.3, -0.25) is 0 Å². The molecule has 0 bridgehead atoms. The van der Waals surface area contributed by atoms with Crippen molar-refractivity contribution >= 4 is 12.6 Å². The van der Waals surface area contributed by atoms with Crippen molar-refractivity contribution in [3.8, 4) is 22.3 Å². The zero-order chi connectivity index (χ0) is 14.7. The molecule has 3 heteroatoms. The maximum absolute atomic E-state index is 9.58. The van der Waals surface area contributed by atoms with Crippen molar-refractivity contribution in [3.63, 3.8) is 0 Å². The lowest BCUT2D eigenvalue weighted by Gasteiger charge is -2.12. The molecule has 0 atom stereocenters. The van der Waals surface area contributed by atoms with Gasteiger partial charge in [-0.15, -0.1) is 0 Å². The van der Waals surface area contributed by atoms with Gasteiger partial charge in [-0.25, -0.2) is 0 Å². The van der Waals surface area contributed by atoms with Crippen LogP contribution in [0.2, 0.25) is 0 Å². The second-order valence-electron chi connectivity index (χ2n) is 4.91. The molecule has 0 radical (unpaired) electrons. The first-order chi connectivity index (χ1) is 10.3. The van der Waals surface area contributed by atoms with Crippen LogP contribution in [0.3, 0.4) is 0 Å². The summed E-state index contributed by atoms with van der Waals surface area (Å²) in [6.45, 7) is 0. The van der Waals surface area contributed by atoms with E-state index in [0.717, 1.165) is 22.3 Å². The summed E-state index contributed by atoms with van der Waals surface area (Å²) >= 11 is 0. The Hall–Kier alpha value is -2.36. The summed E-state index contributed by atoms with van der Waals surface area (Å²) in [5.41, 5.74) is 4.48. The molecule has 0 fully saturated rings. The first-order valence-electron chi connectivity index (χ1n) is 6.86. The Morgan fingerprint density at radius 3 is 1.71 bits per heavy atom. The van der Waals surface area contributed by atoms with E-state index >= 15 is 0 Å². The van der Waals surface area contributed by atoms with Crippen molar-refractivity contribution in [2.75, 3.05) is 0 Å². The van der Waals surface area contributed by atoms with E-state index in [2.05, 4.69) is 0 Å². The summed E-state index contributed by atoms with van der Waals surface area (Å²) in [5, 5.41) is 19.2. The van der Waals surface area contributed by atoms with E-state index in [0.29, 0.717) is 5.46 Å². The Kier molecular flexibility index (Phi) is 3.86. The fourth-order valence-electron chi connectivity index (χ4n) is 2.46.